The smallest absolute Gasteiger partial charge is 0.497 e. The predicted molar refractivity (Wildman–Crippen MR) is 189 cm³/mol. The number of para-hydroxylation sites is 1. The van der Waals surface area contributed by atoms with E-state index in [-0.39, 0.29) is 19.0 Å². The molecular weight excluding hydrogens is 635 g/mol. The summed E-state index contributed by atoms with van der Waals surface area (Å²) in [6.45, 7) is 15.6. The molecule has 2 aromatic carbocycles. The molecule has 1 aliphatic rings. The van der Waals surface area contributed by atoms with Gasteiger partial charge in [0.2, 0.25) is 11.8 Å². The Labute approximate surface area is 283 Å². The molecule has 0 spiro atoms. The molecule has 4 aromatic rings. The van der Waals surface area contributed by atoms with Gasteiger partial charge in [-0.05, 0) is 58.0 Å². The summed E-state index contributed by atoms with van der Waals surface area (Å²) < 4.78 is 32.1. The van der Waals surface area contributed by atoms with Gasteiger partial charge < -0.3 is 33.0 Å². The number of carbonyl (C=O) groups excluding carboxylic acids is 1. The van der Waals surface area contributed by atoms with E-state index in [4.69, 9.17) is 35.1 Å². The van der Waals surface area contributed by atoms with Crippen molar-refractivity contribution < 1.29 is 28.3 Å². The van der Waals surface area contributed by atoms with Gasteiger partial charge in [0.25, 0.3) is 0 Å². The van der Waals surface area contributed by atoms with Gasteiger partial charge in [0.1, 0.15) is 30.0 Å². The molecule has 0 bridgehead atoms. The number of ether oxygens (including phenoxy) is 3. The first-order valence-corrected chi connectivity index (χ1v) is 19.8. The zero-order chi connectivity index (χ0) is 34.1. The van der Waals surface area contributed by atoms with Crippen molar-refractivity contribution in [2.24, 2.45) is 0 Å². The average Bonchev–Trinajstić information content (AvgIpc) is 3.48. The Kier molecular flexibility index (Phi) is 9.98. The Bertz CT molecular complexity index is 1740. The highest BCUT2D eigenvalue weighted by Crippen LogP contribution is 2.38. The summed E-state index contributed by atoms with van der Waals surface area (Å²) in [5, 5.41) is 1.11. The fraction of sp³-hybridized carbons (Fsp3) is 0.441. The first-order chi connectivity index (χ1) is 22.1. The maximum absolute atomic E-state index is 14.4. The van der Waals surface area contributed by atoms with Crippen molar-refractivity contribution in [3.63, 3.8) is 0 Å². The van der Waals surface area contributed by atoms with Gasteiger partial charge in [-0.3, -0.25) is 4.79 Å². The lowest BCUT2D eigenvalue weighted by molar-refractivity contribution is -0.119. The fourth-order valence-electron chi connectivity index (χ4n) is 5.32. The number of hydrogen-bond donors (Lipinski definition) is 0. The van der Waals surface area contributed by atoms with Gasteiger partial charge in [0.15, 0.2) is 0 Å². The van der Waals surface area contributed by atoms with Crippen molar-refractivity contribution in [2.75, 3.05) is 25.7 Å². The number of amides is 1. The number of nitrogens with zero attached hydrogens (tertiary/aromatic N) is 4. The van der Waals surface area contributed by atoms with Gasteiger partial charge in [-0.15, -0.1) is 0 Å². The number of halogens is 1. The number of methoxy groups -OCH3 is 2. The third-order valence-electron chi connectivity index (χ3n) is 8.82. The molecule has 1 amide bonds. The van der Waals surface area contributed by atoms with Gasteiger partial charge in [0, 0.05) is 31.4 Å². The number of hydrogen-bond acceptors (Lipinski definition) is 8. The summed E-state index contributed by atoms with van der Waals surface area (Å²) in [6.07, 6.45) is 3.33. The second-order valence-electron chi connectivity index (χ2n) is 13.9. The Morgan fingerprint density at radius 3 is 2.36 bits per heavy atom. The molecule has 1 saturated heterocycles. The SMILES string of the molecule is COc1ccc(CN(C(=O)Cn2cc(B3OC(C)(C)C(C)(C)O3)c3c(OCC[Si](C)(C)C)ncnc32)c2ccccc2Cl)c(OC)c1. The van der Waals surface area contributed by atoms with Crippen LogP contribution in [0.1, 0.15) is 33.3 Å². The van der Waals surface area contributed by atoms with Crippen LogP contribution in [0.2, 0.25) is 30.7 Å². The zero-order valence-electron chi connectivity index (χ0n) is 28.7. The van der Waals surface area contributed by atoms with E-state index in [2.05, 4.69) is 29.6 Å². The van der Waals surface area contributed by atoms with Crippen LogP contribution in [0.5, 0.6) is 17.4 Å². The average molecular weight is 679 g/mol. The molecule has 2 aromatic heterocycles. The van der Waals surface area contributed by atoms with Gasteiger partial charge >= 0.3 is 7.12 Å². The van der Waals surface area contributed by atoms with E-state index in [1.54, 1.807) is 35.8 Å². The predicted octanol–water partition coefficient (Wildman–Crippen LogP) is 6.35. The normalized spacial score (nSPS) is 15.6. The van der Waals surface area contributed by atoms with E-state index >= 15 is 0 Å². The molecule has 3 heterocycles. The Morgan fingerprint density at radius 1 is 1.02 bits per heavy atom. The lowest BCUT2D eigenvalue weighted by Crippen LogP contribution is -2.41. The Hall–Kier alpha value is -3.58. The molecule has 250 valence electrons. The van der Waals surface area contributed by atoms with Crippen molar-refractivity contribution >= 4 is 54.9 Å². The van der Waals surface area contributed by atoms with Gasteiger partial charge in [-0.25, -0.2) is 9.97 Å². The Morgan fingerprint density at radius 2 is 1.72 bits per heavy atom. The molecule has 0 saturated carbocycles. The lowest BCUT2D eigenvalue weighted by Gasteiger charge is -2.32. The second kappa shape index (κ2) is 13.5. The minimum Gasteiger partial charge on any atom is -0.497 e. The number of rotatable bonds is 12. The van der Waals surface area contributed by atoms with Gasteiger partial charge in [0.05, 0.1) is 54.7 Å². The number of anilines is 1. The molecule has 13 heteroatoms. The van der Waals surface area contributed by atoms with E-state index < -0.39 is 26.4 Å². The van der Waals surface area contributed by atoms with E-state index in [1.807, 2.05) is 64.2 Å². The molecule has 1 fully saturated rings. The second-order valence-corrected chi connectivity index (χ2v) is 20.0. The molecule has 47 heavy (non-hydrogen) atoms. The van der Waals surface area contributed by atoms with E-state index in [1.165, 1.54) is 6.33 Å². The molecule has 0 atom stereocenters. The highest BCUT2D eigenvalue weighted by Gasteiger charge is 2.53. The fourth-order valence-corrected chi connectivity index (χ4v) is 6.27. The zero-order valence-corrected chi connectivity index (χ0v) is 30.5. The van der Waals surface area contributed by atoms with Crippen LogP contribution in [0.4, 0.5) is 5.69 Å². The third kappa shape index (κ3) is 7.46. The Balaban J connectivity index is 1.56. The molecule has 0 unspecified atom stereocenters. The van der Waals surface area contributed by atoms with Crippen molar-refractivity contribution in [1.29, 1.82) is 0 Å². The van der Waals surface area contributed by atoms with Crippen molar-refractivity contribution in [2.45, 2.75) is 77.7 Å². The van der Waals surface area contributed by atoms with Crippen LogP contribution < -0.4 is 24.6 Å². The summed E-state index contributed by atoms with van der Waals surface area (Å²) in [5.41, 5.74) is 1.46. The van der Waals surface area contributed by atoms with Crippen molar-refractivity contribution in [3.05, 3.63) is 65.6 Å². The van der Waals surface area contributed by atoms with Crippen molar-refractivity contribution in [3.8, 4) is 17.4 Å². The molecule has 0 aliphatic carbocycles. The summed E-state index contributed by atoms with van der Waals surface area (Å²) in [5.74, 6) is 1.47. The van der Waals surface area contributed by atoms with E-state index in [0.717, 1.165) is 11.6 Å². The summed E-state index contributed by atoms with van der Waals surface area (Å²) in [4.78, 5) is 25.2. The monoisotopic (exact) mass is 678 g/mol. The largest absolute Gasteiger partial charge is 0.497 e. The van der Waals surface area contributed by atoms with Gasteiger partial charge in [-0.2, -0.15) is 0 Å². The van der Waals surface area contributed by atoms with Crippen molar-refractivity contribution in [1.82, 2.24) is 14.5 Å². The quantitative estimate of drug-likeness (QED) is 0.160. The van der Waals surface area contributed by atoms with Crippen LogP contribution >= 0.6 is 11.6 Å². The van der Waals surface area contributed by atoms with Crippen LogP contribution in [0, 0.1) is 0 Å². The maximum Gasteiger partial charge on any atom is 0.497 e. The summed E-state index contributed by atoms with van der Waals surface area (Å²) >= 11 is 6.67. The van der Waals surface area contributed by atoms with Gasteiger partial charge in [-0.1, -0.05) is 43.4 Å². The summed E-state index contributed by atoms with van der Waals surface area (Å²) in [6, 6.07) is 13.8. The summed E-state index contributed by atoms with van der Waals surface area (Å²) in [7, 11) is 1.10. The molecule has 0 N–H and O–H groups in total. The van der Waals surface area contributed by atoms with Crippen LogP contribution in [0.15, 0.2) is 55.0 Å². The molecule has 10 nitrogen and oxygen atoms in total. The first kappa shape index (κ1) is 34.7. The number of benzene rings is 2. The topological polar surface area (TPSA) is 97.2 Å². The van der Waals surface area contributed by atoms with Crippen LogP contribution in [-0.4, -0.2) is 67.7 Å². The maximum atomic E-state index is 14.4. The third-order valence-corrected chi connectivity index (χ3v) is 10.8. The molecule has 0 radical (unpaired) electrons. The highest BCUT2D eigenvalue weighted by molar-refractivity contribution is 6.76. The highest BCUT2D eigenvalue weighted by atomic mass is 35.5. The number of carbonyl (C=O) groups is 1. The minimum absolute atomic E-state index is 0.0505. The lowest BCUT2D eigenvalue weighted by atomic mass is 9.79. The van der Waals surface area contributed by atoms with E-state index in [0.29, 0.717) is 51.2 Å². The molecule has 1 aliphatic heterocycles. The van der Waals surface area contributed by atoms with E-state index in [9.17, 15) is 4.79 Å². The molecular formula is C34H44BClN4O6Si. The minimum atomic E-state index is -1.37. The first-order valence-electron chi connectivity index (χ1n) is 15.7. The van der Waals surface area contributed by atoms with Crippen LogP contribution in [-0.2, 0) is 27.2 Å². The standard InChI is InChI=1S/C34H44BClN4O6Si/c1-33(2)34(3,4)46-35(45-33)25-20-39(31-30(25)32(38-22-37-31)44-16-17-47(7,8)9)21-29(41)40(27-13-11-10-12-26(27)36)19-23-14-15-24(42-5)18-28(23)43-6/h10-15,18,20,22H,16-17,19,21H2,1-9H3. The van der Waals surface area contributed by atoms with Crippen LogP contribution in [0.25, 0.3) is 11.0 Å². The molecule has 5 rings (SSSR count). The van der Waals surface area contributed by atoms with Crippen LogP contribution in [0.3, 0.4) is 0 Å². The number of fused-ring (bicyclic) bond motifs is 1. The number of aromatic nitrogens is 3.